The van der Waals surface area contributed by atoms with Gasteiger partial charge in [0.15, 0.2) is 0 Å². The highest BCUT2D eigenvalue weighted by Crippen LogP contribution is 2.17. The van der Waals surface area contributed by atoms with Gasteiger partial charge in [-0.05, 0) is 18.8 Å². The van der Waals surface area contributed by atoms with Gasteiger partial charge in [0.1, 0.15) is 0 Å². The summed E-state index contributed by atoms with van der Waals surface area (Å²) >= 11 is 0. The molecule has 2 nitrogen and oxygen atoms in total. The van der Waals surface area contributed by atoms with E-state index < -0.39 is 0 Å². The molecule has 0 fully saturated rings. The first-order valence-corrected chi connectivity index (χ1v) is 13.9. The zero-order valence-corrected chi connectivity index (χ0v) is 21.2. The van der Waals surface area contributed by atoms with Gasteiger partial charge >= 0.3 is 5.97 Å². The molecule has 0 amide bonds. The van der Waals surface area contributed by atoms with E-state index in [1.807, 2.05) is 0 Å². The molecule has 1 unspecified atom stereocenters. The standard InChI is InChI=1S/C28H56O2/c1-4-7-9-11-13-14-15-16-17-18-19-21-23-25-28(29)30-26-27(6-3)24-22-20-12-10-8-5-2/h27H,4-26H2,1-3H3. The van der Waals surface area contributed by atoms with E-state index >= 15 is 0 Å². The molecule has 0 aromatic rings. The Morgan fingerprint density at radius 2 is 0.967 bits per heavy atom. The number of esters is 1. The molecular weight excluding hydrogens is 368 g/mol. The van der Waals surface area contributed by atoms with Crippen molar-refractivity contribution >= 4 is 5.97 Å². The van der Waals surface area contributed by atoms with Gasteiger partial charge in [-0.15, -0.1) is 0 Å². The maximum atomic E-state index is 12.0. The summed E-state index contributed by atoms with van der Waals surface area (Å²) in [6, 6.07) is 0. The van der Waals surface area contributed by atoms with Crippen LogP contribution in [-0.2, 0) is 9.53 Å². The third-order valence-corrected chi connectivity index (χ3v) is 6.51. The minimum Gasteiger partial charge on any atom is -0.465 e. The van der Waals surface area contributed by atoms with Crippen LogP contribution in [0.3, 0.4) is 0 Å². The van der Waals surface area contributed by atoms with Crippen molar-refractivity contribution < 1.29 is 9.53 Å². The van der Waals surface area contributed by atoms with Crippen molar-refractivity contribution in [3.05, 3.63) is 0 Å². The maximum Gasteiger partial charge on any atom is 0.305 e. The minimum absolute atomic E-state index is 0.0273. The van der Waals surface area contributed by atoms with Crippen LogP contribution in [0, 0.1) is 5.92 Å². The molecule has 0 spiro atoms. The molecule has 0 saturated heterocycles. The lowest BCUT2D eigenvalue weighted by Crippen LogP contribution is -2.13. The fraction of sp³-hybridized carbons (Fsp3) is 0.964. The summed E-state index contributed by atoms with van der Waals surface area (Å²) in [4.78, 5) is 12.0. The number of carbonyl (C=O) groups is 1. The molecule has 0 radical (unpaired) electrons. The SMILES string of the molecule is CCCCCCCCCCCCCCCC(=O)OCC(CC)CCCCCCCC. The van der Waals surface area contributed by atoms with E-state index in [0.717, 1.165) is 12.8 Å². The van der Waals surface area contributed by atoms with Gasteiger partial charge in [0.05, 0.1) is 6.61 Å². The van der Waals surface area contributed by atoms with Crippen LogP contribution in [0.1, 0.15) is 162 Å². The van der Waals surface area contributed by atoms with Crippen molar-refractivity contribution in [3.8, 4) is 0 Å². The van der Waals surface area contributed by atoms with Gasteiger partial charge in [0, 0.05) is 6.42 Å². The lowest BCUT2D eigenvalue weighted by molar-refractivity contribution is -0.145. The van der Waals surface area contributed by atoms with Crippen molar-refractivity contribution in [2.24, 2.45) is 5.92 Å². The normalized spacial score (nSPS) is 12.2. The van der Waals surface area contributed by atoms with E-state index in [9.17, 15) is 4.79 Å². The van der Waals surface area contributed by atoms with Gasteiger partial charge in [0.25, 0.3) is 0 Å². The molecule has 30 heavy (non-hydrogen) atoms. The highest BCUT2D eigenvalue weighted by molar-refractivity contribution is 5.69. The lowest BCUT2D eigenvalue weighted by Gasteiger charge is -2.15. The molecule has 0 rings (SSSR count). The summed E-state index contributed by atoms with van der Waals surface area (Å²) < 4.78 is 5.56. The topological polar surface area (TPSA) is 26.3 Å². The minimum atomic E-state index is 0.0273. The predicted molar refractivity (Wildman–Crippen MR) is 133 cm³/mol. The lowest BCUT2D eigenvalue weighted by atomic mass is 9.98. The van der Waals surface area contributed by atoms with Crippen molar-refractivity contribution in [2.45, 2.75) is 162 Å². The molecule has 0 aliphatic heterocycles. The van der Waals surface area contributed by atoms with Gasteiger partial charge < -0.3 is 4.74 Å². The Bertz CT molecular complexity index is 340. The van der Waals surface area contributed by atoms with E-state index in [4.69, 9.17) is 4.74 Å². The average Bonchev–Trinajstić information content (AvgIpc) is 2.76. The van der Waals surface area contributed by atoms with Crippen molar-refractivity contribution in [3.63, 3.8) is 0 Å². The molecule has 1 atom stereocenters. The number of carbonyl (C=O) groups excluding carboxylic acids is 1. The van der Waals surface area contributed by atoms with Gasteiger partial charge in [-0.2, -0.15) is 0 Å². The number of hydrogen-bond acceptors (Lipinski definition) is 2. The third kappa shape index (κ3) is 22.2. The van der Waals surface area contributed by atoms with Crippen LogP contribution < -0.4 is 0 Å². The quantitative estimate of drug-likeness (QED) is 0.114. The van der Waals surface area contributed by atoms with Crippen LogP contribution in [0.5, 0.6) is 0 Å². The molecule has 0 aromatic heterocycles. The molecule has 0 bridgehead atoms. The van der Waals surface area contributed by atoms with E-state index in [-0.39, 0.29) is 5.97 Å². The van der Waals surface area contributed by atoms with Crippen LogP contribution in [0.4, 0.5) is 0 Å². The molecule has 180 valence electrons. The molecule has 0 saturated carbocycles. The van der Waals surface area contributed by atoms with Crippen LogP contribution in [-0.4, -0.2) is 12.6 Å². The smallest absolute Gasteiger partial charge is 0.305 e. The molecule has 0 aromatic carbocycles. The monoisotopic (exact) mass is 424 g/mol. The second-order valence-corrected chi connectivity index (χ2v) is 9.51. The molecule has 0 N–H and O–H groups in total. The summed E-state index contributed by atoms with van der Waals surface area (Å²) in [7, 11) is 0. The Balaban J connectivity index is 3.39. The van der Waals surface area contributed by atoms with E-state index in [2.05, 4.69) is 20.8 Å². The Kier molecular flexibility index (Phi) is 24.3. The molecule has 2 heteroatoms. The highest BCUT2D eigenvalue weighted by atomic mass is 16.5. The van der Waals surface area contributed by atoms with Gasteiger partial charge in [-0.1, -0.05) is 143 Å². The van der Waals surface area contributed by atoms with E-state index in [0.29, 0.717) is 18.9 Å². The molecule has 0 aliphatic carbocycles. The van der Waals surface area contributed by atoms with E-state index in [1.54, 1.807) is 0 Å². The Morgan fingerprint density at radius 3 is 1.40 bits per heavy atom. The van der Waals surface area contributed by atoms with Crippen molar-refractivity contribution in [2.75, 3.05) is 6.61 Å². The summed E-state index contributed by atoms with van der Waals surface area (Å²) in [6.07, 6.45) is 28.5. The molecular formula is C28H56O2. The number of rotatable bonds is 24. The second kappa shape index (κ2) is 24.7. The molecule has 0 heterocycles. The summed E-state index contributed by atoms with van der Waals surface area (Å²) in [6.45, 7) is 7.41. The predicted octanol–water partition coefficient (Wildman–Crippen LogP) is 9.79. The number of ether oxygens (including phenoxy) is 1. The van der Waals surface area contributed by atoms with Crippen LogP contribution in [0.25, 0.3) is 0 Å². The fourth-order valence-corrected chi connectivity index (χ4v) is 4.19. The summed E-state index contributed by atoms with van der Waals surface area (Å²) in [5.74, 6) is 0.589. The third-order valence-electron chi connectivity index (χ3n) is 6.51. The van der Waals surface area contributed by atoms with Crippen LogP contribution in [0.2, 0.25) is 0 Å². The van der Waals surface area contributed by atoms with Crippen molar-refractivity contribution in [1.29, 1.82) is 0 Å². The maximum absolute atomic E-state index is 12.0. The first kappa shape index (κ1) is 29.5. The highest BCUT2D eigenvalue weighted by Gasteiger charge is 2.10. The summed E-state index contributed by atoms with van der Waals surface area (Å²) in [5.41, 5.74) is 0. The summed E-state index contributed by atoms with van der Waals surface area (Å²) in [5, 5.41) is 0. The van der Waals surface area contributed by atoms with Crippen LogP contribution in [0.15, 0.2) is 0 Å². The van der Waals surface area contributed by atoms with Crippen molar-refractivity contribution in [1.82, 2.24) is 0 Å². The zero-order chi connectivity index (χ0) is 22.1. The average molecular weight is 425 g/mol. The zero-order valence-electron chi connectivity index (χ0n) is 21.2. The first-order chi connectivity index (χ1) is 14.7. The number of unbranched alkanes of at least 4 members (excludes halogenated alkanes) is 17. The Labute approximate surface area is 190 Å². The molecule has 0 aliphatic rings. The van der Waals surface area contributed by atoms with Gasteiger partial charge in [-0.3, -0.25) is 4.79 Å². The van der Waals surface area contributed by atoms with Gasteiger partial charge in [-0.25, -0.2) is 0 Å². The van der Waals surface area contributed by atoms with E-state index in [1.165, 1.54) is 122 Å². The Hall–Kier alpha value is -0.530. The fourth-order valence-electron chi connectivity index (χ4n) is 4.19. The second-order valence-electron chi connectivity index (χ2n) is 9.51. The Morgan fingerprint density at radius 1 is 0.567 bits per heavy atom. The number of hydrogen-bond donors (Lipinski definition) is 0. The largest absolute Gasteiger partial charge is 0.465 e. The van der Waals surface area contributed by atoms with Gasteiger partial charge in [0.2, 0.25) is 0 Å². The first-order valence-electron chi connectivity index (χ1n) is 13.9. The van der Waals surface area contributed by atoms with Crippen LogP contribution >= 0.6 is 0 Å².